The van der Waals surface area contributed by atoms with Gasteiger partial charge in [0.1, 0.15) is 0 Å². The first-order valence-corrected chi connectivity index (χ1v) is 2.45. The summed E-state index contributed by atoms with van der Waals surface area (Å²) < 4.78 is 0. The molecule has 9 heavy (non-hydrogen) atoms. The quantitative estimate of drug-likeness (QED) is 0.505. The van der Waals surface area contributed by atoms with Crippen LogP contribution in [0.1, 0.15) is 5.56 Å². The molecule has 0 aromatic carbocycles. The topological polar surface area (TPSA) is 66.0 Å². The molecule has 0 saturated heterocycles. The molecule has 0 bridgehead atoms. The van der Waals surface area contributed by atoms with Gasteiger partial charge in [0.05, 0.1) is 11.9 Å². The Balaban J connectivity index is 3.43. The summed E-state index contributed by atoms with van der Waals surface area (Å²) >= 11 is 0. The van der Waals surface area contributed by atoms with Gasteiger partial charge in [0.25, 0.3) is 5.56 Å². The molecule has 0 fully saturated rings. The lowest BCUT2D eigenvalue weighted by Gasteiger charge is -1.90. The van der Waals surface area contributed by atoms with Gasteiger partial charge < -0.3 is 10.1 Å². The first kappa shape index (κ1) is 5.81. The number of aromatic hydroxyl groups is 1. The van der Waals surface area contributed by atoms with E-state index < -0.39 is 0 Å². The zero-order chi connectivity index (χ0) is 6.85. The molecule has 1 rings (SSSR count). The number of rotatable bonds is 0. The lowest BCUT2D eigenvalue weighted by atomic mass is 10.4. The van der Waals surface area contributed by atoms with Crippen LogP contribution in [0.2, 0.25) is 0 Å². The fourth-order valence-corrected chi connectivity index (χ4v) is 0.459. The number of aromatic nitrogens is 2. The molecule has 0 saturated carbocycles. The van der Waals surface area contributed by atoms with Crippen molar-refractivity contribution < 1.29 is 5.11 Å². The number of hydrogen-bond acceptors (Lipinski definition) is 3. The van der Waals surface area contributed by atoms with Crippen molar-refractivity contribution in [3.63, 3.8) is 0 Å². The minimum absolute atomic E-state index is 0.209. The summed E-state index contributed by atoms with van der Waals surface area (Å²) in [7, 11) is 0. The molecule has 0 amide bonds. The number of aromatic amines is 1. The second-order valence-electron chi connectivity index (χ2n) is 1.68. The van der Waals surface area contributed by atoms with Crippen LogP contribution in [0.25, 0.3) is 0 Å². The second kappa shape index (κ2) is 1.89. The molecular weight excluding hydrogens is 120 g/mol. The highest BCUT2D eigenvalue weighted by molar-refractivity contribution is 5.17. The van der Waals surface area contributed by atoms with Crippen LogP contribution in [-0.2, 0) is 0 Å². The first-order chi connectivity index (χ1) is 4.22. The number of nitrogens with zero attached hydrogens (tertiary/aromatic N) is 1. The Labute approximate surface area is 51.2 Å². The molecule has 0 unspecified atom stereocenters. The van der Waals surface area contributed by atoms with E-state index in [1.54, 1.807) is 0 Å². The van der Waals surface area contributed by atoms with Gasteiger partial charge in [-0.3, -0.25) is 4.79 Å². The van der Waals surface area contributed by atoms with Gasteiger partial charge in [0.2, 0.25) is 5.88 Å². The molecule has 4 nitrogen and oxygen atoms in total. The third-order valence-electron chi connectivity index (χ3n) is 1.06. The van der Waals surface area contributed by atoms with Crippen LogP contribution in [0.5, 0.6) is 5.88 Å². The monoisotopic (exact) mass is 126 g/mol. The van der Waals surface area contributed by atoms with Crippen LogP contribution >= 0.6 is 0 Å². The van der Waals surface area contributed by atoms with Crippen molar-refractivity contribution in [3.8, 4) is 5.88 Å². The highest BCUT2D eigenvalue weighted by Gasteiger charge is 1.97. The first-order valence-electron chi connectivity index (χ1n) is 2.45. The molecular formula is C5H6N2O2. The predicted molar refractivity (Wildman–Crippen MR) is 31.3 cm³/mol. The van der Waals surface area contributed by atoms with Crippen LogP contribution in [0.15, 0.2) is 11.1 Å². The smallest absolute Gasteiger partial charge is 0.257 e. The Bertz CT molecular complexity index is 266. The standard InChI is InChI=1S/C5H6N2O2/c1-3-4(8)6-2-7-5(3)9/h2H,1H3,(H2,6,7,8,9). The normalized spacial score (nSPS) is 9.44. The molecule has 2 N–H and O–H groups in total. The highest BCUT2D eigenvalue weighted by atomic mass is 16.3. The van der Waals surface area contributed by atoms with E-state index in [9.17, 15) is 4.79 Å². The molecule has 0 aliphatic carbocycles. The summed E-state index contributed by atoms with van der Waals surface area (Å²) in [6.45, 7) is 1.50. The molecule has 1 aromatic rings. The van der Waals surface area contributed by atoms with E-state index in [2.05, 4.69) is 9.97 Å². The summed E-state index contributed by atoms with van der Waals surface area (Å²) in [4.78, 5) is 16.3. The zero-order valence-corrected chi connectivity index (χ0v) is 4.88. The SMILES string of the molecule is Cc1c(O)nc[nH]c1=O. The average molecular weight is 126 g/mol. The molecule has 0 spiro atoms. The molecule has 0 aliphatic rings. The minimum atomic E-state index is -0.303. The van der Waals surface area contributed by atoms with Gasteiger partial charge in [-0.25, -0.2) is 4.98 Å². The van der Waals surface area contributed by atoms with E-state index in [4.69, 9.17) is 5.11 Å². The third-order valence-corrected chi connectivity index (χ3v) is 1.06. The summed E-state index contributed by atoms with van der Waals surface area (Å²) in [6.07, 6.45) is 1.16. The van der Waals surface area contributed by atoms with E-state index in [-0.39, 0.29) is 17.0 Å². The fraction of sp³-hybridized carbons (Fsp3) is 0.200. The number of H-pyrrole nitrogens is 1. The molecule has 1 aromatic heterocycles. The van der Waals surface area contributed by atoms with Crippen LogP contribution < -0.4 is 5.56 Å². The van der Waals surface area contributed by atoms with Crippen molar-refractivity contribution in [2.45, 2.75) is 6.92 Å². The summed E-state index contributed by atoms with van der Waals surface area (Å²) in [5, 5.41) is 8.77. The van der Waals surface area contributed by atoms with Crippen LogP contribution in [0, 0.1) is 6.92 Å². The van der Waals surface area contributed by atoms with Gasteiger partial charge in [0.15, 0.2) is 0 Å². The molecule has 4 heteroatoms. The average Bonchev–Trinajstić information content (AvgIpc) is 1.83. The molecule has 0 aliphatic heterocycles. The van der Waals surface area contributed by atoms with E-state index in [1.165, 1.54) is 6.92 Å². The van der Waals surface area contributed by atoms with Crippen LogP contribution in [0.4, 0.5) is 0 Å². The van der Waals surface area contributed by atoms with Crippen molar-refractivity contribution in [2.24, 2.45) is 0 Å². The Morgan fingerprint density at radius 1 is 1.78 bits per heavy atom. The van der Waals surface area contributed by atoms with Crippen molar-refractivity contribution in [1.29, 1.82) is 0 Å². The molecule has 1 heterocycles. The molecule has 48 valence electrons. The van der Waals surface area contributed by atoms with Gasteiger partial charge in [-0.15, -0.1) is 0 Å². The zero-order valence-electron chi connectivity index (χ0n) is 4.88. The number of nitrogens with one attached hydrogen (secondary N) is 1. The van der Waals surface area contributed by atoms with Crippen molar-refractivity contribution >= 4 is 0 Å². The maximum atomic E-state index is 10.6. The largest absolute Gasteiger partial charge is 0.493 e. The van der Waals surface area contributed by atoms with E-state index in [0.717, 1.165) is 6.33 Å². The summed E-state index contributed by atoms with van der Waals surface area (Å²) in [5.41, 5.74) is -0.0556. The minimum Gasteiger partial charge on any atom is -0.493 e. The van der Waals surface area contributed by atoms with Crippen molar-refractivity contribution in [2.75, 3.05) is 0 Å². The summed E-state index contributed by atoms with van der Waals surface area (Å²) in [6, 6.07) is 0. The molecule has 0 atom stereocenters. The maximum absolute atomic E-state index is 10.6. The van der Waals surface area contributed by atoms with Gasteiger partial charge in [-0.1, -0.05) is 0 Å². The van der Waals surface area contributed by atoms with Gasteiger partial charge in [-0.2, -0.15) is 0 Å². The highest BCUT2D eigenvalue weighted by Crippen LogP contribution is 2.01. The Morgan fingerprint density at radius 3 is 2.89 bits per heavy atom. The Morgan fingerprint density at radius 2 is 2.44 bits per heavy atom. The van der Waals surface area contributed by atoms with E-state index >= 15 is 0 Å². The Kier molecular flexibility index (Phi) is 1.22. The Hall–Kier alpha value is -1.32. The van der Waals surface area contributed by atoms with Gasteiger partial charge in [-0.05, 0) is 6.92 Å². The molecule has 0 radical (unpaired) electrons. The third kappa shape index (κ3) is 0.910. The second-order valence-corrected chi connectivity index (χ2v) is 1.68. The fourth-order valence-electron chi connectivity index (χ4n) is 0.459. The van der Waals surface area contributed by atoms with Gasteiger partial charge >= 0.3 is 0 Å². The maximum Gasteiger partial charge on any atom is 0.257 e. The number of hydrogen-bond donors (Lipinski definition) is 2. The van der Waals surface area contributed by atoms with Crippen LogP contribution in [0.3, 0.4) is 0 Å². The lowest BCUT2D eigenvalue weighted by Crippen LogP contribution is -2.08. The predicted octanol–water partition coefficient (Wildman–Crippen LogP) is -0.216. The summed E-state index contributed by atoms with van der Waals surface area (Å²) in [5.74, 6) is -0.209. The van der Waals surface area contributed by atoms with E-state index in [1.807, 2.05) is 0 Å². The lowest BCUT2D eigenvalue weighted by molar-refractivity contribution is 0.446. The van der Waals surface area contributed by atoms with Crippen molar-refractivity contribution in [1.82, 2.24) is 9.97 Å². The van der Waals surface area contributed by atoms with Gasteiger partial charge in [0, 0.05) is 0 Å². The van der Waals surface area contributed by atoms with Crippen molar-refractivity contribution in [3.05, 3.63) is 22.2 Å². The van der Waals surface area contributed by atoms with E-state index in [0.29, 0.717) is 0 Å². The van der Waals surface area contributed by atoms with Crippen LogP contribution in [-0.4, -0.2) is 15.1 Å².